The highest BCUT2D eigenvalue weighted by Gasteiger charge is 2.33. The van der Waals surface area contributed by atoms with Gasteiger partial charge in [0.2, 0.25) is 5.91 Å². The molecule has 26 heavy (non-hydrogen) atoms. The molecular formula is C19H22N4O2S. The van der Waals surface area contributed by atoms with Crippen LogP contribution in [0.2, 0.25) is 0 Å². The lowest BCUT2D eigenvalue weighted by Crippen LogP contribution is -2.34. The second-order valence-corrected chi connectivity index (χ2v) is 7.76. The first kappa shape index (κ1) is 17.0. The Balaban J connectivity index is 1.43. The molecule has 1 aliphatic carbocycles. The maximum Gasteiger partial charge on any atom is 0.323 e. The number of aryl methyl sites for hydroxylation is 1. The van der Waals surface area contributed by atoms with E-state index >= 15 is 0 Å². The highest BCUT2D eigenvalue weighted by molar-refractivity contribution is 7.14. The van der Waals surface area contributed by atoms with E-state index < -0.39 is 0 Å². The van der Waals surface area contributed by atoms with Crippen LogP contribution in [0.4, 0.5) is 9.93 Å². The number of nitrogens with zero attached hydrogens (tertiary/aromatic N) is 3. The van der Waals surface area contributed by atoms with Gasteiger partial charge in [0.05, 0.1) is 12.1 Å². The fraction of sp³-hybridized carbons (Fsp3) is 0.421. The normalized spacial score (nSPS) is 16.7. The summed E-state index contributed by atoms with van der Waals surface area (Å²) in [5.41, 5.74) is 3.12. The van der Waals surface area contributed by atoms with Crippen LogP contribution < -0.4 is 10.2 Å². The zero-order chi connectivity index (χ0) is 18.1. The lowest BCUT2D eigenvalue weighted by molar-refractivity contribution is -0.131. The lowest BCUT2D eigenvalue weighted by Gasteiger charge is -2.22. The van der Waals surface area contributed by atoms with Crippen LogP contribution in [-0.2, 0) is 17.8 Å². The number of thiazole rings is 1. The average Bonchev–Trinajstić information content (AvgIpc) is 3.21. The number of aromatic nitrogens is 1. The summed E-state index contributed by atoms with van der Waals surface area (Å²) >= 11 is 1.42. The minimum atomic E-state index is -0.115. The van der Waals surface area contributed by atoms with Crippen molar-refractivity contribution in [2.24, 2.45) is 0 Å². The molecule has 136 valence electrons. The van der Waals surface area contributed by atoms with E-state index in [0.717, 1.165) is 24.1 Å². The number of benzene rings is 1. The van der Waals surface area contributed by atoms with Crippen LogP contribution in [0.3, 0.4) is 0 Å². The first-order valence-electron chi connectivity index (χ1n) is 8.95. The van der Waals surface area contributed by atoms with Crippen LogP contribution in [0, 0.1) is 6.92 Å². The summed E-state index contributed by atoms with van der Waals surface area (Å²) in [6.07, 6.45) is 2.44. The van der Waals surface area contributed by atoms with Crippen LogP contribution in [0.5, 0.6) is 0 Å². The molecule has 1 aromatic heterocycles. The Morgan fingerprint density at radius 2 is 2.12 bits per heavy atom. The Hall–Kier alpha value is -2.41. The molecule has 2 aromatic rings. The number of hydrogen-bond acceptors (Lipinski definition) is 4. The molecular weight excluding hydrogens is 348 g/mol. The number of nitrogens with one attached hydrogen (secondary N) is 1. The van der Waals surface area contributed by atoms with Crippen molar-refractivity contribution in [1.29, 1.82) is 0 Å². The largest absolute Gasteiger partial charge is 0.336 e. The number of anilines is 1. The van der Waals surface area contributed by atoms with Gasteiger partial charge in [-0.25, -0.2) is 9.78 Å². The Labute approximate surface area is 156 Å². The number of amides is 3. The highest BCUT2D eigenvalue weighted by atomic mass is 32.1. The predicted octanol–water partition coefficient (Wildman–Crippen LogP) is 2.71. The summed E-state index contributed by atoms with van der Waals surface area (Å²) in [6, 6.07) is 8.58. The summed E-state index contributed by atoms with van der Waals surface area (Å²) in [5.74, 6) is 0.107. The van der Waals surface area contributed by atoms with Crippen molar-refractivity contribution < 1.29 is 9.59 Å². The van der Waals surface area contributed by atoms with E-state index in [4.69, 9.17) is 0 Å². The zero-order valence-electron chi connectivity index (χ0n) is 14.8. The Kier molecular flexibility index (Phi) is 4.63. The van der Waals surface area contributed by atoms with E-state index in [2.05, 4.69) is 41.5 Å². The quantitative estimate of drug-likeness (QED) is 0.850. The molecule has 1 aromatic carbocycles. The van der Waals surface area contributed by atoms with Gasteiger partial charge in [-0.3, -0.25) is 9.69 Å². The van der Waals surface area contributed by atoms with Gasteiger partial charge in [-0.05, 0) is 25.3 Å². The fourth-order valence-corrected chi connectivity index (χ4v) is 3.96. The van der Waals surface area contributed by atoms with Crippen molar-refractivity contribution in [3.63, 3.8) is 0 Å². The number of hydrogen-bond donors (Lipinski definition) is 1. The second kappa shape index (κ2) is 7.07. The molecule has 0 spiro atoms. The maximum atomic E-state index is 12.9. The molecule has 1 N–H and O–H groups in total. The molecule has 4 rings (SSSR count). The molecule has 3 amide bonds. The van der Waals surface area contributed by atoms with Crippen molar-refractivity contribution >= 4 is 28.4 Å². The van der Waals surface area contributed by atoms with Gasteiger partial charge in [0, 0.05) is 31.1 Å². The molecule has 0 radical (unpaired) electrons. The van der Waals surface area contributed by atoms with Gasteiger partial charge in [0.15, 0.2) is 5.13 Å². The molecule has 6 nitrogen and oxygen atoms in total. The summed E-state index contributed by atoms with van der Waals surface area (Å²) < 4.78 is 0. The third-order valence-corrected chi connectivity index (χ3v) is 5.65. The molecule has 2 fully saturated rings. The molecule has 2 aliphatic rings. The molecule has 2 heterocycles. The SMILES string of the molecule is Cc1ccc(CN(C(=O)Cc2csc(N3CCNC3=O)n2)C2CC2)cc1. The monoisotopic (exact) mass is 370 g/mol. The van der Waals surface area contributed by atoms with Crippen LogP contribution in [-0.4, -0.2) is 41.0 Å². The summed E-state index contributed by atoms with van der Waals surface area (Å²) in [6.45, 7) is 3.98. The highest BCUT2D eigenvalue weighted by Crippen LogP contribution is 2.30. The molecule has 0 unspecified atom stereocenters. The zero-order valence-corrected chi connectivity index (χ0v) is 15.6. The van der Waals surface area contributed by atoms with E-state index in [1.165, 1.54) is 16.9 Å². The minimum Gasteiger partial charge on any atom is -0.336 e. The van der Waals surface area contributed by atoms with E-state index in [0.29, 0.717) is 30.8 Å². The summed E-state index contributed by atoms with van der Waals surface area (Å²) in [5, 5.41) is 5.32. The van der Waals surface area contributed by atoms with Gasteiger partial charge >= 0.3 is 6.03 Å². The number of carbonyl (C=O) groups excluding carboxylic acids is 2. The van der Waals surface area contributed by atoms with Crippen LogP contribution in [0.15, 0.2) is 29.6 Å². The van der Waals surface area contributed by atoms with Gasteiger partial charge in [-0.1, -0.05) is 29.8 Å². The van der Waals surface area contributed by atoms with Gasteiger partial charge in [-0.15, -0.1) is 11.3 Å². The van der Waals surface area contributed by atoms with E-state index in [1.807, 2.05) is 10.3 Å². The Bertz CT molecular complexity index is 813. The predicted molar refractivity (Wildman–Crippen MR) is 101 cm³/mol. The molecule has 0 bridgehead atoms. The lowest BCUT2D eigenvalue weighted by atomic mass is 10.1. The molecule has 0 atom stereocenters. The van der Waals surface area contributed by atoms with Crippen LogP contribution in [0.1, 0.15) is 29.7 Å². The van der Waals surface area contributed by atoms with Crippen molar-refractivity contribution in [2.45, 2.75) is 38.8 Å². The standard InChI is InChI=1S/C19H22N4O2S/c1-13-2-4-14(5-3-13)11-23(16-6-7-16)17(24)10-15-12-26-19(21-15)22-9-8-20-18(22)25/h2-5,12,16H,6-11H2,1H3,(H,20,25). The molecule has 1 saturated heterocycles. The van der Waals surface area contributed by atoms with Gasteiger partial charge in [0.1, 0.15) is 0 Å². The number of urea groups is 1. The molecule has 1 aliphatic heterocycles. The smallest absolute Gasteiger partial charge is 0.323 e. The number of carbonyl (C=O) groups is 2. The number of rotatable bonds is 6. The van der Waals surface area contributed by atoms with Crippen molar-refractivity contribution in [3.8, 4) is 0 Å². The summed E-state index contributed by atoms with van der Waals surface area (Å²) in [7, 11) is 0. The van der Waals surface area contributed by atoms with E-state index in [-0.39, 0.29) is 18.4 Å². The first-order chi connectivity index (χ1) is 12.6. The molecule has 1 saturated carbocycles. The topological polar surface area (TPSA) is 65.5 Å². The van der Waals surface area contributed by atoms with Crippen molar-refractivity contribution in [3.05, 3.63) is 46.5 Å². The Morgan fingerprint density at radius 1 is 1.35 bits per heavy atom. The van der Waals surface area contributed by atoms with Gasteiger partial charge < -0.3 is 10.2 Å². The minimum absolute atomic E-state index is 0.107. The third kappa shape index (κ3) is 3.72. The van der Waals surface area contributed by atoms with Crippen molar-refractivity contribution in [1.82, 2.24) is 15.2 Å². The molecule has 7 heteroatoms. The van der Waals surface area contributed by atoms with E-state index in [1.54, 1.807) is 4.90 Å². The summed E-state index contributed by atoms with van der Waals surface area (Å²) in [4.78, 5) is 32.7. The van der Waals surface area contributed by atoms with Gasteiger partial charge in [-0.2, -0.15) is 0 Å². The average molecular weight is 370 g/mol. The first-order valence-corrected chi connectivity index (χ1v) is 9.83. The fourth-order valence-electron chi connectivity index (χ4n) is 3.11. The van der Waals surface area contributed by atoms with Crippen LogP contribution in [0.25, 0.3) is 0 Å². The van der Waals surface area contributed by atoms with Crippen molar-refractivity contribution in [2.75, 3.05) is 18.0 Å². The maximum absolute atomic E-state index is 12.9. The van der Waals surface area contributed by atoms with E-state index in [9.17, 15) is 9.59 Å². The van der Waals surface area contributed by atoms with Crippen LogP contribution >= 0.6 is 11.3 Å². The second-order valence-electron chi connectivity index (χ2n) is 6.92. The van der Waals surface area contributed by atoms with Gasteiger partial charge in [0.25, 0.3) is 0 Å². The Morgan fingerprint density at radius 3 is 2.77 bits per heavy atom. The third-order valence-electron chi connectivity index (χ3n) is 4.74.